The standard InChI is InChI=1S/C12H11BrN2O2/c1-8(9-3-2-4-10(13)7-9)17-12(16)11-5-6-14-15-11/h2-8H,1H3,(H,14,15). The second kappa shape index (κ2) is 5.14. The van der Waals surface area contributed by atoms with E-state index in [2.05, 4.69) is 26.1 Å². The maximum atomic E-state index is 11.7. The molecule has 0 radical (unpaired) electrons. The van der Waals surface area contributed by atoms with Crippen LogP contribution < -0.4 is 0 Å². The molecule has 17 heavy (non-hydrogen) atoms. The predicted molar refractivity (Wildman–Crippen MR) is 66.6 cm³/mol. The fourth-order valence-electron chi connectivity index (χ4n) is 1.42. The Morgan fingerprint density at radius 1 is 1.47 bits per heavy atom. The van der Waals surface area contributed by atoms with Crippen LogP contribution in [0.25, 0.3) is 0 Å². The molecule has 2 aromatic rings. The Bertz CT molecular complexity index is 511. The molecule has 0 aliphatic carbocycles. The Morgan fingerprint density at radius 3 is 2.94 bits per heavy atom. The van der Waals surface area contributed by atoms with E-state index in [4.69, 9.17) is 4.74 Å². The van der Waals surface area contributed by atoms with Gasteiger partial charge in [-0.3, -0.25) is 5.10 Å². The lowest BCUT2D eigenvalue weighted by molar-refractivity contribution is 0.0330. The average molecular weight is 295 g/mol. The van der Waals surface area contributed by atoms with Crippen molar-refractivity contribution in [1.82, 2.24) is 10.2 Å². The molecular formula is C12H11BrN2O2. The summed E-state index contributed by atoms with van der Waals surface area (Å²) < 4.78 is 6.26. The van der Waals surface area contributed by atoms with E-state index in [1.54, 1.807) is 6.07 Å². The Kier molecular flexibility index (Phi) is 3.58. The van der Waals surface area contributed by atoms with Crippen molar-refractivity contribution in [3.05, 3.63) is 52.3 Å². The third-order valence-electron chi connectivity index (χ3n) is 2.32. The van der Waals surface area contributed by atoms with Crippen LogP contribution in [-0.4, -0.2) is 16.2 Å². The summed E-state index contributed by atoms with van der Waals surface area (Å²) in [6, 6.07) is 9.24. The number of carbonyl (C=O) groups is 1. The van der Waals surface area contributed by atoms with E-state index in [0.29, 0.717) is 5.69 Å². The van der Waals surface area contributed by atoms with Crippen LogP contribution in [0.5, 0.6) is 0 Å². The summed E-state index contributed by atoms with van der Waals surface area (Å²) in [5.74, 6) is -0.407. The van der Waals surface area contributed by atoms with Crippen LogP contribution in [0.4, 0.5) is 0 Å². The number of rotatable bonds is 3. The fourth-order valence-corrected chi connectivity index (χ4v) is 1.84. The number of esters is 1. The first-order valence-electron chi connectivity index (χ1n) is 5.12. The molecule has 0 spiro atoms. The second-order valence-electron chi connectivity index (χ2n) is 3.57. The molecule has 1 heterocycles. The van der Waals surface area contributed by atoms with Gasteiger partial charge in [-0.05, 0) is 30.7 Å². The van der Waals surface area contributed by atoms with E-state index < -0.39 is 5.97 Å². The summed E-state index contributed by atoms with van der Waals surface area (Å²) in [6.07, 6.45) is 1.21. The molecule has 0 saturated heterocycles. The molecule has 1 aromatic heterocycles. The number of ether oxygens (including phenoxy) is 1. The van der Waals surface area contributed by atoms with Gasteiger partial charge >= 0.3 is 5.97 Å². The van der Waals surface area contributed by atoms with Gasteiger partial charge in [0.2, 0.25) is 0 Å². The van der Waals surface area contributed by atoms with Gasteiger partial charge in [-0.25, -0.2) is 4.79 Å². The van der Waals surface area contributed by atoms with Gasteiger partial charge in [0.25, 0.3) is 0 Å². The Morgan fingerprint density at radius 2 is 2.29 bits per heavy atom. The summed E-state index contributed by atoms with van der Waals surface area (Å²) in [7, 11) is 0. The van der Waals surface area contributed by atoms with Crippen LogP contribution in [0.1, 0.15) is 29.1 Å². The number of hydrogen-bond acceptors (Lipinski definition) is 3. The highest BCUT2D eigenvalue weighted by Gasteiger charge is 2.14. The number of H-pyrrole nitrogens is 1. The van der Waals surface area contributed by atoms with E-state index >= 15 is 0 Å². The Balaban J connectivity index is 2.07. The lowest BCUT2D eigenvalue weighted by atomic mass is 10.1. The largest absolute Gasteiger partial charge is 0.453 e. The van der Waals surface area contributed by atoms with Gasteiger partial charge in [-0.2, -0.15) is 5.10 Å². The molecule has 0 saturated carbocycles. The molecule has 1 aromatic carbocycles. The van der Waals surface area contributed by atoms with E-state index in [-0.39, 0.29) is 6.10 Å². The van der Waals surface area contributed by atoms with Gasteiger partial charge in [0.05, 0.1) is 0 Å². The maximum Gasteiger partial charge on any atom is 0.356 e. The maximum absolute atomic E-state index is 11.7. The predicted octanol–water partition coefficient (Wildman–Crippen LogP) is 3.09. The first-order valence-corrected chi connectivity index (χ1v) is 5.92. The smallest absolute Gasteiger partial charge is 0.356 e. The van der Waals surface area contributed by atoms with Gasteiger partial charge in [0.15, 0.2) is 0 Å². The van der Waals surface area contributed by atoms with Crippen molar-refractivity contribution in [2.75, 3.05) is 0 Å². The zero-order valence-corrected chi connectivity index (χ0v) is 10.8. The molecule has 88 valence electrons. The van der Waals surface area contributed by atoms with Crippen LogP contribution >= 0.6 is 15.9 Å². The molecule has 4 nitrogen and oxygen atoms in total. The van der Waals surface area contributed by atoms with Crippen LogP contribution in [0, 0.1) is 0 Å². The third kappa shape index (κ3) is 2.94. The summed E-state index contributed by atoms with van der Waals surface area (Å²) in [4.78, 5) is 11.7. The molecule has 0 amide bonds. The summed E-state index contributed by atoms with van der Waals surface area (Å²) in [5, 5.41) is 6.28. The zero-order valence-electron chi connectivity index (χ0n) is 9.18. The summed E-state index contributed by atoms with van der Waals surface area (Å²) in [5.41, 5.74) is 1.29. The van der Waals surface area contributed by atoms with Crippen molar-refractivity contribution < 1.29 is 9.53 Å². The van der Waals surface area contributed by atoms with E-state index in [0.717, 1.165) is 10.0 Å². The third-order valence-corrected chi connectivity index (χ3v) is 2.82. The van der Waals surface area contributed by atoms with Crippen molar-refractivity contribution in [2.45, 2.75) is 13.0 Å². The van der Waals surface area contributed by atoms with Gasteiger partial charge in [-0.1, -0.05) is 28.1 Å². The lowest BCUT2D eigenvalue weighted by Crippen LogP contribution is -2.09. The van der Waals surface area contributed by atoms with Crippen molar-refractivity contribution >= 4 is 21.9 Å². The molecule has 2 rings (SSSR count). The lowest BCUT2D eigenvalue weighted by Gasteiger charge is -2.13. The van der Waals surface area contributed by atoms with Gasteiger partial charge in [0, 0.05) is 10.7 Å². The molecule has 5 heteroatoms. The number of carbonyl (C=O) groups excluding carboxylic acids is 1. The minimum absolute atomic E-state index is 0.303. The highest BCUT2D eigenvalue weighted by atomic mass is 79.9. The van der Waals surface area contributed by atoms with Gasteiger partial charge < -0.3 is 4.74 Å². The Hall–Kier alpha value is -1.62. The van der Waals surface area contributed by atoms with E-state index in [9.17, 15) is 4.79 Å². The van der Waals surface area contributed by atoms with Crippen LogP contribution in [0.15, 0.2) is 41.0 Å². The number of nitrogens with zero attached hydrogens (tertiary/aromatic N) is 1. The van der Waals surface area contributed by atoms with Crippen LogP contribution in [0.2, 0.25) is 0 Å². The highest BCUT2D eigenvalue weighted by molar-refractivity contribution is 9.10. The van der Waals surface area contributed by atoms with Crippen molar-refractivity contribution in [3.8, 4) is 0 Å². The first-order chi connectivity index (χ1) is 8.16. The first kappa shape index (κ1) is 11.9. The van der Waals surface area contributed by atoms with Crippen molar-refractivity contribution in [2.24, 2.45) is 0 Å². The van der Waals surface area contributed by atoms with Crippen molar-refractivity contribution in [1.29, 1.82) is 0 Å². The molecule has 1 N–H and O–H groups in total. The normalized spacial score (nSPS) is 12.1. The number of halogens is 1. The number of aromatic amines is 1. The van der Waals surface area contributed by atoms with E-state index in [1.165, 1.54) is 6.20 Å². The van der Waals surface area contributed by atoms with Crippen LogP contribution in [-0.2, 0) is 4.74 Å². The Labute approximate surface area is 107 Å². The molecule has 1 unspecified atom stereocenters. The SMILES string of the molecule is CC(OC(=O)c1ccn[nH]1)c1cccc(Br)c1. The van der Waals surface area contributed by atoms with Gasteiger partial charge in [0.1, 0.15) is 11.8 Å². The van der Waals surface area contributed by atoms with Crippen LogP contribution in [0.3, 0.4) is 0 Å². The molecule has 0 aliphatic heterocycles. The number of hydrogen-bond donors (Lipinski definition) is 1. The summed E-state index contributed by atoms with van der Waals surface area (Å²) >= 11 is 3.38. The minimum atomic E-state index is -0.407. The van der Waals surface area contributed by atoms with E-state index in [1.807, 2.05) is 31.2 Å². The second-order valence-corrected chi connectivity index (χ2v) is 4.49. The molecule has 1 atom stereocenters. The molecular weight excluding hydrogens is 284 g/mol. The van der Waals surface area contributed by atoms with Crippen molar-refractivity contribution in [3.63, 3.8) is 0 Å². The monoisotopic (exact) mass is 294 g/mol. The quantitative estimate of drug-likeness (QED) is 0.885. The zero-order chi connectivity index (χ0) is 12.3. The van der Waals surface area contributed by atoms with Gasteiger partial charge in [-0.15, -0.1) is 0 Å². The number of benzene rings is 1. The molecule has 0 fully saturated rings. The number of nitrogens with one attached hydrogen (secondary N) is 1. The summed E-state index contributed by atoms with van der Waals surface area (Å²) in [6.45, 7) is 1.83. The highest BCUT2D eigenvalue weighted by Crippen LogP contribution is 2.21. The fraction of sp³-hybridized carbons (Fsp3) is 0.167. The topological polar surface area (TPSA) is 55.0 Å². The minimum Gasteiger partial charge on any atom is -0.453 e. The molecule has 0 bridgehead atoms. The molecule has 0 aliphatic rings. The average Bonchev–Trinajstić information content (AvgIpc) is 2.82. The number of aromatic nitrogens is 2.